The molecule has 0 amide bonds. The maximum Gasteiger partial charge on any atom is 0.305 e. The van der Waals surface area contributed by atoms with E-state index < -0.39 is 21.8 Å². The number of sulfone groups is 1. The van der Waals surface area contributed by atoms with Gasteiger partial charge < -0.3 is 14.7 Å². The lowest BCUT2D eigenvalue weighted by molar-refractivity contribution is -0.137. The summed E-state index contributed by atoms with van der Waals surface area (Å²) in [7, 11) is -0.348. The lowest BCUT2D eigenvalue weighted by Crippen LogP contribution is -2.43. The molecule has 0 bridgehead atoms. The van der Waals surface area contributed by atoms with E-state index in [2.05, 4.69) is 0 Å². The number of methoxy groups -OCH3 is 1. The number of carboxylic acid groups (broad SMARTS) is 1. The molecule has 0 radical (unpaired) electrons. The highest BCUT2D eigenvalue weighted by Crippen LogP contribution is 2.40. The number of rotatable bonds is 3. The van der Waals surface area contributed by atoms with Gasteiger partial charge in [0.15, 0.2) is 9.84 Å². The van der Waals surface area contributed by atoms with E-state index in [0.717, 1.165) is 0 Å². The summed E-state index contributed by atoms with van der Waals surface area (Å²) in [5.74, 6) is -0.792. The highest BCUT2D eigenvalue weighted by Gasteiger charge is 2.36. The first-order valence-corrected chi connectivity index (χ1v) is 7.36. The smallest absolute Gasteiger partial charge is 0.305 e. The molecule has 1 N–H and O–H groups in total. The predicted molar refractivity (Wildman–Crippen MR) is 69.5 cm³/mol. The van der Waals surface area contributed by atoms with Gasteiger partial charge in [-0.2, -0.15) is 0 Å². The molecule has 0 saturated heterocycles. The first-order valence-electron chi connectivity index (χ1n) is 5.71. The third-order valence-electron chi connectivity index (χ3n) is 3.24. The van der Waals surface area contributed by atoms with Crippen molar-refractivity contribution in [2.24, 2.45) is 0 Å². The number of ether oxygens (including phenoxy) is 1. The van der Waals surface area contributed by atoms with E-state index in [9.17, 15) is 13.2 Å². The van der Waals surface area contributed by atoms with Crippen LogP contribution in [0.1, 0.15) is 6.42 Å². The van der Waals surface area contributed by atoms with Crippen LogP contribution in [-0.4, -0.2) is 45.4 Å². The third kappa shape index (κ3) is 2.37. The van der Waals surface area contributed by atoms with Crippen molar-refractivity contribution >= 4 is 21.5 Å². The van der Waals surface area contributed by atoms with Crippen LogP contribution in [0.15, 0.2) is 23.1 Å². The van der Waals surface area contributed by atoms with Crippen LogP contribution in [-0.2, 0) is 14.6 Å². The van der Waals surface area contributed by atoms with Crippen LogP contribution in [0, 0.1) is 0 Å². The van der Waals surface area contributed by atoms with Gasteiger partial charge in [-0.3, -0.25) is 4.79 Å². The Morgan fingerprint density at radius 1 is 1.53 bits per heavy atom. The van der Waals surface area contributed by atoms with Crippen LogP contribution < -0.4 is 9.64 Å². The maximum absolute atomic E-state index is 12.2. The summed E-state index contributed by atoms with van der Waals surface area (Å²) in [5.41, 5.74) is 0.433. The van der Waals surface area contributed by atoms with Gasteiger partial charge in [-0.05, 0) is 12.1 Å². The Bertz CT molecular complexity index is 611. The number of hydrogen-bond donors (Lipinski definition) is 1. The van der Waals surface area contributed by atoms with Crippen LogP contribution in [0.5, 0.6) is 5.75 Å². The monoisotopic (exact) mass is 285 g/mol. The second-order valence-corrected chi connectivity index (χ2v) is 6.45. The highest BCUT2D eigenvalue weighted by molar-refractivity contribution is 7.91. The summed E-state index contributed by atoms with van der Waals surface area (Å²) < 4.78 is 29.6. The fourth-order valence-electron chi connectivity index (χ4n) is 2.30. The van der Waals surface area contributed by atoms with E-state index in [4.69, 9.17) is 9.84 Å². The minimum Gasteiger partial charge on any atom is -0.495 e. The van der Waals surface area contributed by atoms with Gasteiger partial charge in [0.25, 0.3) is 0 Å². The van der Waals surface area contributed by atoms with Crippen LogP contribution in [0.25, 0.3) is 0 Å². The van der Waals surface area contributed by atoms with Gasteiger partial charge in [-0.1, -0.05) is 6.07 Å². The van der Waals surface area contributed by atoms with Crippen LogP contribution in [0.3, 0.4) is 0 Å². The highest BCUT2D eigenvalue weighted by atomic mass is 32.2. The quantitative estimate of drug-likeness (QED) is 0.882. The number of carbonyl (C=O) groups is 1. The minimum absolute atomic E-state index is 0.191. The van der Waals surface area contributed by atoms with Crippen LogP contribution in [0.4, 0.5) is 5.69 Å². The first kappa shape index (κ1) is 13.7. The van der Waals surface area contributed by atoms with E-state index in [0.29, 0.717) is 11.4 Å². The molecular formula is C12H15NO5S. The molecule has 1 aliphatic rings. The normalized spacial score (nSPS) is 20.7. The molecule has 0 aliphatic carbocycles. The molecule has 0 saturated carbocycles. The molecule has 0 fully saturated rings. The Morgan fingerprint density at radius 2 is 2.21 bits per heavy atom. The molecule has 7 heteroatoms. The zero-order valence-electron chi connectivity index (χ0n) is 10.7. The Kier molecular flexibility index (Phi) is 3.40. The predicted octanol–water partition coefficient (Wildman–Crippen LogP) is 0.762. The van der Waals surface area contributed by atoms with Crippen LogP contribution >= 0.6 is 0 Å². The van der Waals surface area contributed by atoms with Crippen molar-refractivity contribution in [1.29, 1.82) is 0 Å². The second kappa shape index (κ2) is 4.73. The number of fused-ring (bicyclic) bond motifs is 1. The Labute approximate surface area is 111 Å². The van der Waals surface area contributed by atoms with E-state index in [-0.39, 0.29) is 17.1 Å². The van der Waals surface area contributed by atoms with Gasteiger partial charge in [-0.15, -0.1) is 0 Å². The van der Waals surface area contributed by atoms with E-state index >= 15 is 0 Å². The standard InChI is InChI=1S/C12H15NO5S/c1-13-8(6-11(14)15)7-19(16,17)10-5-3-4-9(18-2)12(10)13/h3-5,8H,6-7H2,1-2H3,(H,14,15). The van der Waals surface area contributed by atoms with Crippen molar-refractivity contribution < 1.29 is 23.1 Å². The van der Waals surface area contributed by atoms with Crippen molar-refractivity contribution in [3.05, 3.63) is 18.2 Å². The number of carboxylic acids is 1. The Hall–Kier alpha value is -1.76. The summed E-state index contributed by atoms with van der Waals surface area (Å²) in [6, 6.07) is 4.20. The van der Waals surface area contributed by atoms with Gasteiger partial charge in [0.05, 0.1) is 35.9 Å². The second-order valence-electron chi connectivity index (χ2n) is 4.45. The molecule has 0 aromatic heterocycles. The number of hydrogen-bond acceptors (Lipinski definition) is 5. The van der Waals surface area contributed by atoms with Crippen molar-refractivity contribution in [2.75, 3.05) is 24.8 Å². The molecule has 1 unspecified atom stereocenters. The lowest BCUT2D eigenvalue weighted by atomic mass is 10.1. The molecule has 1 heterocycles. The summed E-state index contributed by atoms with van der Waals surface area (Å²) in [6.45, 7) is 0. The average Bonchev–Trinajstić information content (AvgIpc) is 2.34. The molecule has 1 aliphatic heterocycles. The average molecular weight is 285 g/mol. The lowest BCUT2D eigenvalue weighted by Gasteiger charge is -2.35. The zero-order chi connectivity index (χ0) is 14.2. The van der Waals surface area contributed by atoms with Crippen molar-refractivity contribution in [3.63, 3.8) is 0 Å². The summed E-state index contributed by atoms with van der Waals surface area (Å²) in [6.07, 6.45) is -0.229. The first-order chi connectivity index (χ1) is 8.86. The van der Waals surface area contributed by atoms with Gasteiger partial charge in [0.1, 0.15) is 5.75 Å². The van der Waals surface area contributed by atoms with Gasteiger partial charge in [-0.25, -0.2) is 8.42 Å². The molecule has 1 atom stereocenters. The van der Waals surface area contributed by atoms with E-state index in [1.807, 2.05) is 0 Å². The van der Waals surface area contributed by atoms with Gasteiger partial charge >= 0.3 is 5.97 Å². The Morgan fingerprint density at radius 3 is 2.79 bits per heavy atom. The van der Waals surface area contributed by atoms with Gasteiger partial charge in [0.2, 0.25) is 0 Å². The fraction of sp³-hybridized carbons (Fsp3) is 0.417. The number of para-hydroxylation sites is 1. The molecule has 1 aromatic carbocycles. The molecule has 1 aromatic rings. The maximum atomic E-state index is 12.2. The fourth-order valence-corrected chi connectivity index (χ4v) is 4.15. The van der Waals surface area contributed by atoms with Crippen molar-refractivity contribution in [1.82, 2.24) is 0 Å². The summed E-state index contributed by atoms with van der Waals surface area (Å²) in [5, 5.41) is 8.88. The number of nitrogens with zero attached hydrogens (tertiary/aromatic N) is 1. The molecule has 19 heavy (non-hydrogen) atoms. The molecule has 2 rings (SSSR count). The van der Waals surface area contributed by atoms with Gasteiger partial charge in [0, 0.05) is 7.05 Å². The number of aliphatic carboxylic acids is 1. The largest absolute Gasteiger partial charge is 0.495 e. The summed E-state index contributed by atoms with van der Waals surface area (Å²) in [4.78, 5) is 12.7. The number of benzene rings is 1. The number of anilines is 1. The van der Waals surface area contributed by atoms with E-state index in [1.54, 1.807) is 24.1 Å². The van der Waals surface area contributed by atoms with E-state index in [1.165, 1.54) is 13.2 Å². The zero-order valence-corrected chi connectivity index (χ0v) is 11.5. The topological polar surface area (TPSA) is 83.9 Å². The third-order valence-corrected chi connectivity index (χ3v) is 5.06. The molecule has 104 valence electrons. The van der Waals surface area contributed by atoms with Crippen LogP contribution in [0.2, 0.25) is 0 Å². The SMILES string of the molecule is COc1cccc2c1N(C)C(CC(=O)O)CS2(=O)=O. The van der Waals surface area contributed by atoms with Crippen molar-refractivity contribution in [2.45, 2.75) is 17.4 Å². The summed E-state index contributed by atoms with van der Waals surface area (Å²) >= 11 is 0. The minimum atomic E-state index is -3.49. The van der Waals surface area contributed by atoms with Crippen molar-refractivity contribution in [3.8, 4) is 5.75 Å². The Balaban J connectivity index is 2.58. The molecule has 6 nitrogen and oxygen atoms in total. The molecular weight excluding hydrogens is 270 g/mol. The molecule has 0 spiro atoms.